The Morgan fingerprint density at radius 3 is 2.75 bits per heavy atom. The molecule has 0 aromatic heterocycles. The lowest BCUT2D eigenvalue weighted by Crippen LogP contribution is -2.55. The van der Waals surface area contributed by atoms with Crippen LogP contribution in [-0.4, -0.2) is 23.2 Å². The number of carbonyl (C=O) groups is 1. The van der Waals surface area contributed by atoms with Crippen molar-refractivity contribution in [2.45, 2.75) is 78.0 Å². The van der Waals surface area contributed by atoms with Crippen LogP contribution in [0.25, 0.3) is 0 Å². The summed E-state index contributed by atoms with van der Waals surface area (Å²) in [6.45, 7) is 6.13. The van der Waals surface area contributed by atoms with Gasteiger partial charge in [-0.15, -0.1) is 0 Å². The van der Waals surface area contributed by atoms with Crippen molar-refractivity contribution < 1.29 is 14.3 Å². The molecule has 0 aromatic rings. The first-order valence-electron chi connectivity index (χ1n) is 9.79. The minimum absolute atomic E-state index is 0.0491. The Labute approximate surface area is 144 Å². The fourth-order valence-corrected chi connectivity index (χ4v) is 7.37. The summed E-state index contributed by atoms with van der Waals surface area (Å²) in [6.07, 6.45) is 7.19. The monoisotopic (exact) mass is 334 g/mol. The highest BCUT2D eigenvalue weighted by molar-refractivity contribution is 5.79. The Balaban J connectivity index is 1.71. The number of allylic oxidation sites excluding steroid dienone is 1. The van der Waals surface area contributed by atoms with Gasteiger partial charge in [0.1, 0.15) is 12.0 Å². The van der Waals surface area contributed by atoms with Gasteiger partial charge in [-0.3, -0.25) is 4.79 Å². The van der Waals surface area contributed by atoms with E-state index < -0.39 is 6.17 Å². The molecular weight excluding hydrogens is 303 g/mol. The second-order valence-electron chi connectivity index (χ2n) is 9.54. The third-order valence-corrected chi connectivity index (χ3v) is 8.46. The van der Waals surface area contributed by atoms with Gasteiger partial charge in [-0.05, 0) is 74.5 Å². The third kappa shape index (κ3) is 2.12. The molecule has 0 aromatic carbocycles. The fraction of sp³-hybridized carbons (Fsp3) is 0.857. The first-order valence-corrected chi connectivity index (χ1v) is 9.79. The van der Waals surface area contributed by atoms with Crippen LogP contribution in [0.3, 0.4) is 0 Å². The summed E-state index contributed by atoms with van der Waals surface area (Å²) >= 11 is 0. The van der Waals surface area contributed by atoms with Crippen molar-refractivity contribution in [3.8, 4) is 0 Å². The zero-order valence-electron chi connectivity index (χ0n) is 15.2. The van der Waals surface area contributed by atoms with Gasteiger partial charge >= 0.3 is 0 Å². The van der Waals surface area contributed by atoms with Crippen molar-refractivity contribution in [1.82, 2.24) is 0 Å². The number of aliphatic hydroxyl groups excluding tert-OH is 1. The molecule has 1 N–H and O–H groups in total. The number of halogens is 1. The SMILES string of the molecule is CC(=O)[C@H]1CC[C@H]2[C@@H]3CC=C4C[C@@H](O)CC[C@]4(C)[C@H]3C(F)C[C@]12C. The van der Waals surface area contributed by atoms with E-state index in [0.29, 0.717) is 18.3 Å². The highest BCUT2D eigenvalue weighted by Crippen LogP contribution is 2.66. The van der Waals surface area contributed by atoms with Crippen LogP contribution in [0.15, 0.2) is 11.6 Å². The molecule has 0 radical (unpaired) electrons. The molecule has 4 aliphatic rings. The van der Waals surface area contributed by atoms with E-state index in [-0.39, 0.29) is 34.6 Å². The van der Waals surface area contributed by atoms with E-state index in [4.69, 9.17) is 0 Å². The van der Waals surface area contributed by atoms with Crippen LogP contribution in [0.2, 0.25) is 0 Å². The molecule has 0 heterocycles. The average molecular weight is 334 g/mol. The van der Waals surface area contributed by atoms with Gasteiger partial charge in [0, 0.05) is 11.8 Å². The largest absolute Gasteiger partial charge is 0.393 e. The number of alkyl halides is 1. The van der Waals surface area contributed by atoms with Crippen LogP contribution in [0.5, 0.6) is 0 Å². The minimum Gasteiger partial charge on any atom is -0.393 e. The summed E-state index contributed by atoms with van der Waals surface area (Å²) in [5, 5.41) is 10.0. The van der Waals surface area contributed by atoms with E-state index in [0.717, 1.165) is 38.5 Å². The van der Waals surface area contributed by atoms with Crippen molar-refractivity contribution in [1.29, 1.82) is 0 Å². The molecule has 0 aliphatic heterocycles. The number of fused-ring (bicyclic) bond motifs is 5. The van der Waals surface area contributed by atoms with Gasteiger partial charge in [-0.1, -0.05) is 25.5 Å². The molecule has 3 fully saturated rings. The molecule has 0 bridgehead atoms. The van der Waals surface area contributed by atoms with Crippen molar-refractivity contribution in [2.75, 3.05) is 0 Å². The Morgan fingerprint density at radius 1 is 1.29 bits per heavy atom. The van der Waals surface area contributed by atoms with Crippen LogP contribution >= 0.6 is 0 Å². The predicted molar refractivity (Wildman–Crippen MR) is 92.2 cm³/mol. The molecule has 4 rings (SSSR count). The first-order chi connectivity index (χ1) is 11.3. The van der Waals surface area contributed by atoms with Gasteiger partial charge in [-0.25, -0.2) is 4.39 Å². The molecule has 4 aliphatic carbocycles. The maximum atomic E-state index is 15.6. The molecule has 1 unspecified atom stereocenters. The van der Waals surface area contributed by atoms with Crippen molar-refractivity contribution in [2.24, 2.45) is 34.5 Å². The Morgan fingerprint density at radius 2 is 2.04 bits per heavy atom. The number of Topliss-reactive ketones (excluding diaryl/α,β-unsaturated/α-hetero) is 1. The van der Waals surface area contributed by atoms with E-state index in [1.807, 2.05) is 0 Å². The van der Waals surface area contributed by atoms with Crippen LogP contribution in [-0.2, 0) is 4.79 Å². The number of carbonyl (C=O) groups excluding carboxylic acids is 1. The molecule has 3 saturated carbocycles. The van der Waals surface area contributed by atoms with E-state index in [1.165, 1.54) is 5.57 Å². The Hall–Kier alpha value is -0.700. The number of hydrogen-bond acceptors (Lipinski definition) is 2. The average Bonchev–Trinajstić information content (AvgIpc) is 2.84. The van der Waals surface area contributed by atoms with E-state index >= 15 is 4.39 Å². The molecular formula is C21H31FO2. The van der Waals surface area contributed by atoms with Crippen LogP contribution < -0.4 is 0 Å². The highest BCUT2D eigenvalue weighted by atomic mass is 19.1. The normalized spacial score (nSPS) is 53.6. The van der Waals surface area contributed by atoms with E-state index in [2.05, 4.69) is 19.9 Å². The lowest BCUT2D eigenvalue weighted by atomic mass is 9.46. The third-order valence-electron chi connectivity index (χ3n) is 8.46. The Kier molecular flexibility index (Phi) is 3.77. The van der Waals surface area contributed by atoms with Gasteiger partial charge in [0.15, 0.2) is 0 Å². The number of rotatable bonds is 1. The predicted octanol–water partition coefficient (Wildman–Crippen LogP) is 4.46. The molecule has 2 nitrogen and oxygen atoms in total. The van der Waals surface area contributed by atoms with Crippen molar-refractivity contribution >= 4 is 5.78 Å². The standard InChI is InChI=1S/C21H31FO2/c1-12(23)16-6-7-17-15-5-4-13-10-14(24)8-9-20(13,2)19(15)18(22)11-21(16,17)3/h4,14-19,24H,5-11H2,1-3H3/t14-,15-,16+,17-,18?,19+,20-,21+/m0/s1. The second-order valence-corrected chi connectivity index (χ2v) is 9.54. The maximum absolute atomic E-state index is 15.6. The quantitative estimate of drug-likeness (QED) is 0.719. The summed E-state index contributed by atoms with van der Waals surface area (Å²) in [4.78, 5) is 12.1. The van der Waals surface area contributed by atoms with Crippen LogP contribution in [0, 0.1) is 34.5 Å². The first kappa shape index (κ1) is 16.8. The summed E-state index contributed by atoms with van der Waals surface area (Å²) in [6, 6.07) is 0. The zero-order chi connectivity index (χ0) is 17.3. The molecule has 0 saturated heterocycles. The van der Waals surface area contributed by atoms with E-state index in [9.17, 15) is 9.90 Å². The van der Waals surface area contributed by atoms with Gasteiger partial charge in [-0.2, -0.15) is 0 Å². The van der Waals surface area contributed by atoms with Crippen LogP contribution in [0.4, 0.5) is 4.39 Å². The molecule has 8 atom stereocenters. The van der Waals surface area contributed by atoms with Gasteiger partial charge in [0.2, 0.25) is 0 Å². The summed E-state index contributed by atoms with van der Waals surface area (Å²) in [5.41, 5.74) is 1.06. The smallest absolute Gasteiger partial charge is 0.133 e. The van der Waals surface area contributed by atoms with E-state index in [1.54, 1.807) is 6.92 Å². The number of ketones is 1. The van der Waals surface area contributed by atoms with Gasteiger partial charge in [0.25, 0.3) is 0 Å². The molecule has 24 heavy (non-hydrogen) atoms. The lowest BCUT2D eigenvalue weighted by molar-refractivity contribution is -0.132. The lowest BCUT2D eigenvalue weighted by Gasteiger charge is -2.58. The van der Waals surface area contributed by atoms with Crippen molar-refractivity contribution in [3.05, 3.63) is 11.6 Å². The van der Waals surface area contributed by atoms with Crippen molar-refractivity contribution in [3.63, 3.8) is 0 Å². The fourth-order valence-electron chi connectivity index (χ4n) is 7.37. The minimum atomic E-state index is -0.819. The van der Waals surface area contributed by atoms with Gasteiger partial charge < -0.3 is 5.11 Å². The maximum Gasteiger partial charge on any atom is 0.133 e. The highest BCUT2D eigenvalue weighted by Gasteiger charge is 2.62. The number of hydrogen-bond donors (Lipinski definition) is 1. The summed E-state index contributed by atoms with van der Waals surface area (Å²) in [7, 11) is 0. The molecule has 0 amide bonds. The molecule has 0 spiro atoms. The topological polar surface area (TPSA) is 37.3 Å². The molecule has 3 heteroatoms. The Bertz CT molecular complexity index is 584. The molecule has 134 valence electrons. The zero-order valence-corrected chi connectivity index (χ0v) is 15.2. The summed E-state index contributed by atoms with van der Waals surface area (Å²) < 4.78 is 15.6. The van der Waals surface area contributed by atoms with Crippen LogP contribution in [0.1, 0.15) is 65.7 Å². The summed E-state index contributed by atoms with van der Waals surface area (Å²) in [5.74, 6) is 1.23. The number of aliphatic hydroxyl groups is 1. The second kappa shape index (κ2) is 5.40. The van der Waals surface area contributed by atoms with Gasteiger partial charge in [0.05, 0.1) is 6.10 Å².